The molecule has 6 heteroatoms. The number of amides is 1. The van der Waals surface area contributed by atoms with E-state index in [2.05, 4.69) is 13.8 Å². The smallest absolute Gasteiger partial charge is 0.274 e. The number of carbonyl (C=O) groups is 1. The molecule has 2 atom stereocenters. The predicted molar refractivity (Wildman–Crippen MR) is 70.4 cm³/mol. The fourth-order valence-electron chi connectivity index (χ4n) is 3.63. The Morgan fingerprint density at radius 2 is 2.17 bits per heavy atom. The Labute approximate surface area is 113 Å². The van der Waals surface area contributed by atoms with Crippen LogP contribution < -0.4 is 0 Å². The lowest BCUT2D eigenvalue weighted by molar-refractivity contribution is -0.148. The number of rotatable bonds is 3. The van der Waals surface area contributed by atoms with Gasteiger partial charge in [-0.05, 0) is 31.1 Å². The number of β-lactam (4-membered cyclic amide) rings is 1. The van der Waals surface area contributed by atoms with Crippen molar-refractivity contribution in [2.24, 2.45) is 11.8 Å². The lowest BCUT2D eigenvalue weighted by Gasteiger charge is -2.53. The molecule has 1 saturated carbocycles. The van der Waals surface area contributed by atoms with Crippen LogP contribution in [-0.2, 0) is 14.0 Å². The zero-order chi connectivity index (χ0) is 13.6. The van der Waals surface area contributed by atoms with Gasteiger partial charge in [-0.25, -0.2) is 4.31 Å². The average molecular weight is 294 g/mol. The Balaban J connectivity index is 2.14. The first-order chi connectivity index (χ1) is 8.24. The van der Waals surface area contributed by atoms with Crippen LogP contribution >= 0.6 is 10.7 Å². The minimum Gasteiger partial charge on any atom is -0.274 e. The summed E-state index contributed by atoms with van der Waals surface area (Å²) in [5, 5.41) is 0. The molecule has 0 aromatic heterocycles. The summed E-state index contributed by atoms with van der Waals surface area (Å²) in [5.74, 6) is 0.755. The average Bonchev–Trinajstić information content (AvgIpc) is 2.12. The Morgan fingerprint density at radius 1 is 1.50 bits per heavy atom. The molecule has 1 aliphatic carbocycles. The van der Waals surface area contributed by atoms with Gasteiger partial charge in [-0.1, -0.05) is 26.7 Å². The van der Waals surface area contributed by atoms with Gasteiger partial charge in [0, 0.05) is 10.7 Å². The highest BCUT2D eigenvalue weighted by atomic mass is 35.7. The Kier molecular flexibility index (Phi) is 3.67. The standard InChI is InChI=1S/C12H20ClNO3S/c1-9(2)6-10-4-3-5-12(7-10)8-11(15)14(12)18(13,16)17/h9-10H,3-8H2,1-2H3. The van der Waals surface area contributed by atoms with Crippen molar-refractivity contribution in [3.05, 3.63) is 0 Å². The minimum atomic E-state index is -3.92. The molecule has 0 aromatic rings. The molecule has 0 N–H and O–H groups in total. The Morgan fingerprint density at radius 3 is 2.67 bits per heavy atom. The zero-order valence-electron chi connectivity index (χ0n) is 10.9. The van der Waals surface area contributed by atoms with Crippen molar-refractivity contribution in [2.45, 2.75) is 57.9 Å². The highest BCUT2D eigenvalue weighted by molar-refractivity contribution is 8.12. The third-order valence-electron chi connectivity index (χ3n) is 4.08. The highest BCUT2D eigenvalue weighted by Crippen LogP contribution is 2.49. The summed E-state index contributed by atoms with van der Waals surface area (Å²) in [6.07, 6.45) is 5.08. The largest absolute Gasteiger partial charge is 0.324 e. The molecule has 2 aliphatic rings. The van der Waals surface area contributed by atoms with Gasteiger partial charge in [-0.3, -0.25) is 4.79 Å². The lowest BCUT2D eigenvalue weighted by Crippen LogP contribution is -2.65. The molecule has 2 unspecified atom stereocenters. The van der Waals surface area contributed by atoms with Gasteiger partial charge < -0.3 is 0 Å². The molecule has 0 bridgehead atoms. The van der Waals surface area contributed by atoms with Crippen LogP contribution in [0.2, 0.25) is 0 Å². The molecule has 1 aliphatic heterocycles. The van der Waals surface area contributed by atoms with Crippen LogP contribution in [-0.4, -0.2) is 24.2 Å². The van der Waals surface area contributed by atoms with Gasteiger partial charge in [-0.15, -0.1) is 0 Å². The van der Waals surface area contributed by atoms with Crippen LogP contribution in [0.15, 0.2) is 0 Å². The van der Waals surface area contributed by atoms with Gasteiger partial charge in [0.25, 0.3) is 0 Å². The molecule has 1 saturated heterocycles. The minimum absolute atomic E-state index is 0.341. The number of hydrogen-bond acceptors (Lipinski definition) is 3. The summed E-state index contributed by atoms with van der Waals surface area (Å²) in [6.45, 7) is 4.34. The Hall–Kier alpha value is -0.290. The van der Waals surface area contributed by atoms with Gasteiger partial charge in [0.2, 0.25) is 5.91 Å². The van der Waals surface area contributed by atoms with Crippen molar-refractivity contribution in [3.63, 3.8) is 0 Å². The van der Waals surface area contributed by atoms with Gasteiger partial charge in [0.05, 0.1) is 12.0 Å². The molecule has 18 heavy (non-hydrogen) atoms. The molecule has 2 rings (SSSR count). The van der Waals surface area contributed by atoms with E-state index in [1.165, 1.54) is 0 Å². The summed E-state index contributed by atoms with van der Waals surface area (Å²) < 4.78 is 23.9. The van der Waals surface area contributed by atoms with Crippen LogP contribution in [0.25, 0.3) is 0 Å². The summed E-state index contributed by atoms with van der Waals surface area (Å²) in [7, 11) is 1.46. The molecule has 4 nitrogen and oxygen atoms in total. The van der Waals surface area contributed by atoms with E-state index in [1.54, 1.807) is 0 Å². The van der Waals surface area contributed by atoms with E-state index in [4.69, 9.17) is 10.7 Å². The van der Waals surface area contributed by atoms with E-state index in [0.29, 0.717) is 18.3 Å². The fourth-order valence-corrected chi connectivity index (χ4v) is 5.30. The van der Waals surface area contributed by atoms with Gasteiger partial charge >= 0.3 is 9.24 Å². The quantitative estimate of drug-likeness (QED) is 0.594. The molecule has 0 aromatic carbocycles. The zero-order valence-corrected chi connectivity index (χ0v) is 12.4. The molecule has 0 radical (unpaired) electrons. The van der Waals surface area contributed by atoms with E-state index >= 15 is 0 Å². The van der Waals surface area contributed by atoms with Crippen LogP contribution in [0.4, 0.5) is 0 Å². The van der Waals surface area contributed by atoms with Crippen LogP contribution in [0.3, 0.4) is 0 Å². The van der Waals surface area contributed by atoms with Gasteiger partial charge in [0.1, 0.15) is 0 Å². The van der Waals surface area contributed by atoms with Crippen molar-refractivity contribution in [1.82, 2.24) is 4.31 Å². The second kappa shape index (κ2) is 4.67. The third kappa shape index (κ3) is 2.52. The van der Waals surface area contributed by atoms with Crippen LogP contribution in [0, 0.1) is 11.8 Å². The van der Waals surface area contributed by atoms with E-state index in [9.17, 15) is 13.2 Å². The van der Waals surface area contributed by atoms with E-state index < -0.39 is 14.8 Å². The van der Waals surface area contributed by atoms with E-state index in [-0.39, 0.29) is 5.91 Å². The maximum absolute atomic E-state index is 11.5. The normalized spacial score (nSPS) is 33.0. The van der Waals surface area contributed by atoms with E-state index in [0.717, 1.165) is 36.4 Å². The second-order valence-electron chi connectivity index (χ2n) is 6.09. The van der Waals surface area contributed by atoms with Crippen molar-refractivity contribution in [3.8, 4) is 0 Å². The van der Waals surface area contributed by atoms with Crippen LogP contribution in [0.1, 0.15) is 52.4 Å². The summed E-state index contributed by atoms with van der Waals surface area (Å²) >= 11 is 0. The number of hydrogen-bond donors (Lipinski definition) is 0. The fraction of sp³-hybridized carbons (Fsp3) is 0.917. The SMILES string of the molecule is CC(C)CC1CCCC2(CC(=O)N2S(=O)(=O)Cl)C1. The second-order valence-corrected chi connectivity index (χ2v) is 8.45. The monoisotopic (exact) mass is 293 g/mol. The van der Waals surface area contributed by atoms with Gasteiger partial charge in [-0.2, -0.15) is 8.42 Å². The predicted octanol–water partition coefficient (Wildman–Crippen LogP) is 2.68. The van der Waals surface area contributed by atoms with Crippen molar-refractivity contribution in [2.75, 3.05) is 0 Å². The first-order valence-electron chi connectivity index (χ1n) is 6.52. The maximum Gasteiger partial charge on any atom is 0.324 e. The molecular weight excluding hydrogens is 274 g/mol. The Bertz CT molecular complexity index is 448. The first kappa shape index (κ1) is 14.1. The maximum atomic E-state index is 11.5. The molecule has 2 fully saturated rings. The van der Waals surface area contributed by atoms with E-state index in [1.807, 2.05) is 0 Å². The molecule has 104 valence electrons. The summed E-state index contributed by atoms with van der Waals surface area (Å²) in [6, 6.07) is 0. The lowest BCUT2D eigenvalue weighted by atomic mass is 9.68. The number of carbonyl (C=O) groups excluding carboxylic acids is 1. The van der Waals surface area contributed by atoms with Gasteiger partial charge in [0.15, 0.2) is 0 Å². The number of nitrogens with zero attached hydrogens (tertiary/aromatic N) is 1. The van der Waals surface area contributed by atoms with Crippen molar-refractivity contribution in [1.29, 1.82) is 0 Å². The van der Waals surface area contributed by atoms with Crippen LogP contribution in [0.5, 0.6) is 0 Å². The molecule has 1 amide bonds. The first-order valence-corrected chi connectivity index (χ1v) is 8.79. The molecule has 1 spiro atoms. The molecular formula is C12H20ClNO3S. The van der Waals surface area contributed by atoms with Crippen molar-refractivity contribution >= 4 is 25.8 Å². The molecule has 1 heterocycles. The topological polar surface area (TPSA) is 54.5 Å². The summed E-state index contributed by atoms with van der Waals surface area (Å²) in [4.78, 5) is 11.5. The summed E-state index contributed by atoms with van der Waals surface area (Å²) in [5.41, 5.74) is -0.504. The highest BCUT2D eigenvalue weighted by Gasteiger charge is 2.57. The third-order valence-corrected chi connectivity index (χ3v) is 5.52. The number of halogens is 1. The van der Waals surface area contributed by atoms with Crippen molar-refractivity contribution < 1.29 is 13.2 Å².